The summed E-state index contributed by atoms with van der Waals surface area (Å²) < 4.78 is 86.1. The Morgan fingerprint density at radius 3 is 1.25 bits per heavy atom. The maximum absolute atomic E-state index is 12.9. The number of hydrogen-bond acceptors (Lipinski definition) is 8. The average molecular weight is 468 g/mol. The minimum absolute atomic E-state index is 0.0525. The number of alkyl halides is 6. The highest BCUT2D eigenvalue weighted by Crippen LogP contribution is 2.39. The standard InChI is InChI=1S/C16H6F6N2O8/c17-15(18,19)9-5-7(1-3-11(9)23(27)28)31-13(25)14(26)32-8-2-4-12(24(29)30)10(6-8)16(20,21)22/h1-6H. The first-order valence-corrected chi connectivity index (χ1v) is 7.76. The first-order chi connectivity index (χ1) is 14.6. The molecule has 2 aromatic rings. The number of carbonyl (C=O) groups is 2. The van der Waals surface area contributed by atoms with Crippen LogP contribution in [0.5, 0.6) is 11.5 Å². The number of hydrogen-bond donors (Lipinski definition) is 0. The molecule has 16 heteroatoms. The summed E-state index contributed by atoms with van der Waals surface area (Å²) in [4.78, 5) is 42.1. The Hall–Kier alpha value is -4.24. The molecular formula is C16H6F6N2O8. The van der Waals surface area contributed by atoms with Crippen molar-refractivity contribution in [2.24, 2.45) is 0 Å². The number of carbonyl (C=O) groups excluding carboxylic acids is 2. The zero-order valence-electron chi connectivity index (χ0n) is 14.9. The zero-order valence-corrected chi connectivity index (χ0v) is 14.9. The lowest BCUT2D eigenvalue weighted by molar-refractivity contribution is -0.388. The summed E-state index contributed by atoms with van der Waals surface area (Å²) in [6, 6.07) is 1.93. The first-order valence-electron chi connectivity index (χ1n) is 7.76. The van der Waals surface area contributed by atoms with Crippen molar-refractivity contribution in [2.75, 3.05) is 0 Å². The van der Waals surface area contributed by atoms with Crippen molar-refractivity contribution in [2.45, 2.75) is 12.4 Å². The normalized spacial score (nSPS) is 11.6. The van der Waals surface area contributed by atoms with Gasteiger partial charge in [-0.25, -0.2) is 9.59 Å². The van der Waals surface area contributed by atoms with Gasteiger partial charge in [0.25, 0.3) is 11.4 Å². The van der Waals surface area contributed by atoms with Crippen LogP contribution in [-0.2, 0) is 21.9 Å². The quantitative estimate of drug-likeness (QED) is 0.164. The Kier molecular flexibility index (Phi) is 6.37. The second kappa shape index (κ2) is 8.48. The van der Waals surface area contributed by atoms with Crippen LogP contribution in [0.4, 0.5) is 37.7 Å². The molecule has 32 heavy (non-hydrogen) atoms. The summed E-state index contributed by atoms with van der Waals surface area (Å²) in [7, 11) is 0. The van der Waals surface area contributed by atoms with E-state index in [0.29, 0.717) is 24.3 Å². The number of rotatable bonds is 4. The molecule has 0 heterocycles. The van der Waals surface area contributed by atoms with E-state index in [-0.39, 0.29) is 12.1 Å². The van der Waals surface area contributed by atoms with Crippen molar-refractivity contribution in [1.29, 1.82) is 0 Å². The van der Waals surface area contributed by atoms with Gasteiger partial charge in [0.2, 0.25) is 0 Å². The molecule has 0 unspecified atom stereocenters. The largest absolute Gasteiger partial charge is 0.423 e. The van der Waals surface area contributed by atoms with Crippen molar-refractivity contribution in [1.82, 2.24) is 0 Å². The zero-order chi connectivity index (χ0) is 24.4. The molecule has 170 valence electrons. The molecule has 0 fully saturated rings. The SMILES string of the molecule is O=C(Oc1ccc([N+](=O)[O-])c(C(F)(F)F)c1)C(=O)Oc1ccc([N+](=O)[O-])c(C(F)(F)F)c1. The summed E-state index contributed by atoms with van der Waals surface area (Å²) in [6.45, 7) is 0. The van der Waals surface area contributed by atoms with Gasteiger partial charge in [-0.3, -0.25) is 20.2 Å². The number of esters is 2. The Morgan fingerprint density at radius 1 is 0.688 bits per heavy atom. The van der Waals surface area contributed by atoms with Crippen LogP contribution in [0.2, 0.25) is 0 Å². The number of nitro benzene ring substituents is 2. The van der Waals surface area contributed by atoms with E-state index in [9.17, 15) is 56.2 Å². The molecule has 2 aromatic carbocycles. The second-order valence-electron chi connectivity index (χ2n) is 5.65. The molecule has 0 aliphatic rings. The number of nitro groups is 2. The molecule has 0 radical (unpaired) electrons. The Morgan fingerprint density at radius 2 is 1.00 bits per heavy atom. The van der Waals surface area contributed by atoms with Gasteiger partial charge >= 0.3 is 24.3 Å². The molecule has 0 saturated heterocycles. The molecule has 0 atom stereocenters. The fourth-order valence-corrected chi connectivity index (χ4v) is 2.23. The monoisotopic (exact) mass is 468 g/mol. The predicted octanol–water partition coefficient (Wildman–Crippen LogP) is 4.05. The van der Waals surface area contributed by atoms with Gasteiger partial charge in [0.15, 0.2) is 0 Å². The van der Waals surface area contributed by atoms with Crippen molar-refractivity contribution in [3.8, 4) is 11.5 Å². The van der Waals surface area contributed by atoms with Gasteiger partial charge in [0.05, 0.1) is 9.85 Å². The van der Waals surface area contributed by atoms with Crippen LogP contribution in [-0.4, -0.2) is 21.8 Å². The fraction of sp³-hybridized carbons (Fsp3) is 0.125. The van der Waals surface area contributed by atoms with E-state index in [4.69, 9.17) is 0 Å². The topological polar surface area (TPSA) is 139 Å². The highest BCUT2D eigenvalue weighted by atomic mass is 19.4. The van der Waals surface area contributed by atoms with Crippen molar-refractivity contribution in [3.63, 3.8) is 0 Å². The second-order valence-corrected chi connectivity index (χ2v) is 5.65. The third-order valence-electron chi connectivity index (χ3n) is 3.53. The van der Waals surface area contributed by atoms with Gasteiger partial charge in [-0.2, -0.15) is 26.3 Å². The van der Waals surface area contributed by atoms with Crippen LogP contribution in [0.1, 0.15) is 11.1 Å². The minimum atomic E-state index is -5.22. The smallest absolute Gasteiger partial charge is 0.418 e. The van der Waals surface area contributed by atoms with E-state index >= 15 is 0 Å². The predicted molar refractivity (Wildman–Crippen MR) is 87.5 cm³/mol. The van der Waals surface area contributed by atoms with Gasteiger partial charge < -0.3 is 9.47 Å². The summed E-state index contributed by atoms with van der Waals surface area (Å²) in [5.74, 6) is -5.88. The van der Waals surface area contributed by atoms with Gasteiger partial charge in [0, 0.05) is 24.3 Å². The Bertz CT molecular complexity index is 1030. The molecule has 0 spiro atoms. The van der Waals surface area contributed by atoms with Crippen LogP contribution in [0.25, 0.3) is 0 Å². The van der Waals surface area contributed by atoms with Gasteiger partial charge in [0.1, 0.15) is 22.6 Å². The molecule has 0 saturated carbocycles. The lowest BCUT2D eigenvalue weighted by Gasteiger charge is -2.11. The van der Waals surface area contributed by atoms with Crippen LogP contribution >= 0.6 is 0 Å². The highest BCUT2D eigenvalue weighted by Gasteiger charge is 2.40. The molecule has 0 aliphatic heterocycles. The van der Waals surface area contributed by atoms with Crippen molar-refractivity contribution in [3.05, 3.63) is 67.8 Å². The lowest BCUT2D eigenvalue weighted by atomic mass is 10.1. The molecule has 0 aromatic heterocycles. The third kappa shape index (κ3) is 5.46. The summed E-state index contributed by atoms with van der Waals surface area (Å²) in [5, 5.41) is 21.4. The van der Waals surface area contributed by atoms with Crippen LogP contribution in [0, 0.1) is 20.2 Å². The maximum Gasteiger partial charge on any atom is 0.423 e. The van der Waals surface area contributed by atoms with Gasteiger partial charge in [-0.1, -0.05) is 0 Å². The molecule has 0 N–H and O–H groups in total. The summed E-state index contributed by atoms with van der Waals surface area (Å²) in [6.07, 6.45) is -10.4. The molecule has 2 rings (SSSR count). The molecular weight excluding hydrogens is 462 g/mol. The van der Waals surface area contributed by atoms with Gasteiger partial charge in [-0.05, 0) is 12.1 Å². The number of benzene rings is 2. The fourth-order valence-electron chi connectivity index (χ4n) is 2.23. The molecule has 0 aliphatic carbocycles. The molecule has 0 amide bonds. The van der Waals surface area contributed by atoms with Crippen LogP contribution < -0.4 is 9.47 Å². The summed E-state index contributed by atoms with van der Waals surface area (Å²) >= 11 is 0. The van der Waals surface area contributed by atoms with Crippen molar-refractivity contribution >= 4 is 23.3 Å². The minimum Gasteiger partial charge on any atom is -0.418 e. The number of ether oxygens (including phenoxy) is 2. The van der Waals surface area contributed by atoms with Crippen molar-refractivity contribution < 1.29 is 55.3 Å². The molecule has 10 nitrogen and oxygen atoms in total. The number of halogens is 6. The van der Waals surface area contributed by atoms with E-state index in [1.165, 1.54) is 0 Å². The lowest BCUT2D eigenvalue weighted by Crippen LogP contribution is -2.26. The van der Waals surface area contributed by atoms with E-state index in [2.05, 4.69) is 9.47 Å². The Labute approximate surface area is 171 Å². The third-order valence-corrected chi connectivity index (χ3v) is 3.53. The van der Waals surface area contributed by atoms with Crippen LogP contribution in [0.3, 0.4) is 0 Å². The average Bonchev–Trinajstić information content (AvgIpc) is 2.66. The van der Waals surface area contributed by atoms with E-state index < -0.39 is 68.1 Å². The Balaban J connectivity index is 2.25. The number of nitrogens with zero attached hydrogens (tertiary/aromatic N) is 2. The molecule has 0 bridgehead atoms. The van der Waals surface area contributed by atoms with E-state index in [1.54, 1.807) is 0 Å². The maximum atomic E-state index is 12.9. The van der Waals surface area contributed by atoms with Gasteiger partial charge in [-0.15, -0.1) is 0 Å². The van der Waals surface area contributed by atoms with E-state index in [0.717, 1.165) is 0 Å². The van der Waals surface area contributed by atoms with E-state index in [1.807, 2.05) is 0 Å². The highest BCUT2D eigenvalue weighted by molar-refractivity contribution is 6.31. The first kappa shape index (κ1) is 24.0. The van der Waals surface area contributed by atoms with Crippen LogP contribution in [0.15, 0.2) is 36.4 Å². The summed E-state index contributed by atoms with van der Waals surface area (Å²) in [5.41, 5.74) is -6.34.